The van der Waals surface area contributed by atoms with E-state index in [2.05, 4.69) is 43.8 Å². The lowest BCUT2D eigenvalue weighted by molar-refractivity contribution is 0.0780. The highest BCUT2D eigenvalue weighted by Gasteiger charge is 2.38. The van der Waals surface area contributed by atoms with Gasteiger partial charge in [-0.1, -0.05) is 15.9 Å². The summed E-state index contributed by atoms with van der Waals surface area (Å²) in [6.07, 6.45) is 0. The van der Waals surface area contributed by atoms with E-state index in [4.69, 9.17) is 0 Å². The van der Waals surface area contributed by atoms with Gasteiger partial charge in [0.15, 0.2) is 0 Å². The molecule has 2 atom stereocenters. The highest BCUT2D eigenvalue weighted by molar-refractivity contribution is 14.1. The zero-order chi connectivity index (χ0) is 12.7. The van der Waals surface area contributed by atoms with Crippen molar-refractivity contribution >= 4 is 44.4 Å². The summed E-state index contributed by atoms with van der Waals surface area (Å²) in [5, 5.41) is 3.40. The number of carbonyl (C=O) groups excluding carboxylic acids is 1. The normalized spacial score (nSPS) is 26.4. The van der Waals surface area contributed by atoms with E-state index in [1.165, 1.54) is 0 Å². The third-order valence-corrected chi connectivity index (χ3v) is 5.27. The Labute approximate surface area is 129 Å². The number of amides is 1. The molecule has 0 spiro atoms. The Morgan fingerprint density at radius 2 is 2.00 bits per heavy atom. The highest BCUT2D eigenvalue weighted by atomic mass is 127. The molecular weight excluding hydrogens is 407 g/mol. The molecule has 2 heterocycles. The second-order valence-corrected chi connectivity index (χ2v) is 7.09. The van der Waals surface area contributed by atoms with Gasteiger partial charge in [0.1, 0.15) is 0 Å². The van der Waals surface area contributed by atoms with Gasteiger partial charge in [0.2, 0.25) is 0 Å². The summed E-state index contributed by atoms with van der Waals surface area (Å²) in [5.41, 5.74) is 0.818. The monoisotopic (exact) mass is 420 g/mol. The Balaban J connectivity index is 1.81. The molecule has 0 aromatic heterocycles. The van der Waals surface area contributed by atoms with E-state index in [-0.39, 0.29) is 5.91 Å². The first-order chi connectivity index (χ1) is 8.65. The molecule has 96 valence electrons. The van der Waals surface area contributed by atoms with Crippen LogP contribution in [0.2, 0.25) is 0 Å². The molecule has 0 bridgehead atoms. The van der Waals surface area contributed by atoms with Crippen LogP contribution in [0.5, 0.6) is 0 Å². The lowest BCUT2D eigenvalue weighted by Crippen LogP contribution is -2.32. The van der Waals surface area contributed by atoms with E-state index < -0.39 is 0 Å². The van der Waals surface area contributed by atoms with Crippen molar-refractivity contribution in [3.63, 3.8) is 0 Å². The predicted octanol–water partition coefficient (Wildman–Crippen LogP) is 2.35. The van der Waals surface area contributed by atoms with E-state index in [1.807, 2.05) is 23.1 Å². The van der Waals surface area contributed by atoms with E-state index in [9.17, 15) is 4.79 Å². The van der Waals surface area contributed by atoms with Crippen LogP contribution in [0.1, 0.15) is 10.4 Å². The summed E-state index contributed by atoms with van der Waals surface area (Å²) in [4.78, 5) is 14.5. The molecule has 18 heavy (non-hydrogen) atoms. The van der Waals surface area contributed by atoms with Crippen LogP contribution in [-0.4, -0.2) is 37.0 Å². The van der Waals surface area contributed by atoms with Crippen LogP contribution in [0.4, 0.5) is 0 Å². The van der Waals surface area contributed by atoms with Gasteiger partial charge in [-0.15, -0.1) is 0 Å². The summed E-state index contributed by atoms with van der Waals surface area (Å²) in [7, 11) is 0. The van der Waals surface area contributed by atoms with Crippen molar-refractivity contribution in [2.75, 3.05) is 26.2 Å². The van der Waals surface area contributed by atoms with Crippen molar-refractivity contribution in [1.82, 2.24) is 10.2 Å². The van der Waals surface area contributed by atoms with Gasteiger partial charge in [-0.05, 0) is 52.6 Å². The quantitative estimate of drug-likeness (QED) is 0.707. The van der Waals surface area contributed by atoms with Gasteiger partial charge >= 0.3 is 0 Å². The fourth-order valence-electron chi connectivity index (χ4n) is 2.85. The number of halogens is 2. The summed E-state index contributed by atoms with van der Waals surface area (Å²) in [5.74, 6) is 1.48. The van der Waals surface area contributed by atoms with Crippen LogP contribution in [0.25, 0.3) is 0 Å². The van der Waals surface area contributed by atoms with Crippen molar-refractivity contribution in [3.05, 3.63) is 31.8 Å². The van der Waals surface area contributed by atoms with Gasteiger partial charge in [0.25, 0.3) is 5.91 Å². The number of fused-ring (bicyclic) bond motifs is 1. The van der Waals surface area contributed by atoms with Crippen molar-refractivity contribution in [3.8, 4) is 0 Å². The maximum atomic E-state index is 12.5. The summed E-state index contributed by atoms with van der Waals surface area (Å²) in [6.45, 7) is 3.92. The van der Waals surface area contributed by atoms with Crippen LogP contribution >= 0.6 is 38.5 Å². The van der Waals surface area contributed by atoms with Gasteiger partial charge in [0.05, 0.1) is 5.56 Å². The number of carbonyl (C=O) groups is 1. The number of benzene rings is 1. The van der Waals surface area contributed by atoms with Crippen molar-refractivity contribution < 1.29 is 4.79 Å². The molecule has 5 heteroatoms. The van der Waals surface area contributed by atoms with E-state index in [0.717, 1.165) is 39.8 Å². The zero-order valence-electron chi connectivity index (χ0n) is 9.83. The Bertz CT molecular complexity index is 482. The molecule has 1 aromatic rings. The van der Waals surface area contributed by atoms with Gasteiger partial charge in [0, 0.05) is 34.2 Å². The molecule has 2 unspecified atom stereocenters. The molecule has 1 amide bonds. The molecule has 1 aromatic carbocycles. The summed E-state index contributed by atoms with van der Waals surface area (Å²) in [6, 6.07) is 5.88. The third-order valence-electron chi connectivity index (χ3n) is 3.84. The summed E-state index contributed by atoms with van der Waals surface area (Å²) < 4.78 is 1.99. The van der Waals surface area contributed by atoms with E-state index in [1.54, 1.807) is 0 Å². The Hall–Kier alpha value is -0.140. The SMILES string of the molecule is O=C(c1cc(Br)ccc1I)N1CC2CNCC2C1. The molecule has 0 aliphatic carbocycles. The number of nitrogens with zero attached hydrogens (tertiary/aromatic N) is 1. The van der Waals surface area contributed by atoms with Gasteiger partial charge in [-0.25, -0.2) is 0 Å². The molecule has 0 radical (unpaired) electrons. The molecule has 2 aliphatic rings. The molecular formula is C13H14BrIN2O. The highest BCUT2D eigenvalue weighted by Crippen LogP contribution is 2.29. The topological polar surface area (TPSA) is 32.3 Å². The minimum Gasteiger partial charge on any atom is -0.338 e. The zero-order valence-corrected chi connectivity index (χ0v) is 13.6. The second-order valence-electron chi connectivity index (χ2n) is 5.01. The fourth-order valence-corrected chi connectivity index (χ4v) is 3.78. The van der Waals surface area contributed by atoms with Crippen molar-refractivity contribution in [2.24, 2.45) is 11.8 Å². The number of nitrogens with one attached hydrogen (secondary N) is 1. The molecule has 3 rings (SSSR count). The predicted molar refractivity (Wildman–Crippen MR) is 82.6 cm³/mol. The van der Waals surface area contributed by atoms with Crippen LogP contribution < -0.4 is 5.32 Å². The molecule has 1 N–H and O–H groups in total. The van der Waals surface area contributed by atoms with Crippen LogP contribution in [0, 0.1) is 15.4 Å². The van der Waals surface area contributed by atoms with Crippen molar-refractivity contribution in [2.45, 2.75) is 0 Å². The van der Waals surface area contributed by atoms with Crippen LogP contribution in [-0.2, 0) is 0 Å². The van der Waals surface area contributed by atoms with E-state index >= 15 is 0 Å². The van der Waals surface area contributed by atoms with E-state index in [0.29, 0.717) is 11.8 Å². The standard InChI is InChI=1S/C13H14BrIN2O/c14-10-1-2-12(15)11(3-10)13(18)17-6-8-4-16-5-9(8)7-17/h1-3,8-9,16H,4-7H2. The maximum absolute atomic E-state index is 12.5. The Morgan fingerprint density at radius 3 is 2.67 bits per heavy atom. The molecule has 2 fully saturated rings. The van der Waals surface area contributed by atoms with Gasteiger partial charge in [-0.3, -0.25) is 4.79 Å². The number of likely N-dealkylation sites (tertiary alicyclic amines) is 1. The lowest BCUT2D eigenvalue weighted by Gasteiger charge is -2.18. The lowest BCUT2D eigenvalue weighted by atomic mass is 10.0. The second kappa shape index (κ2) is 5.09. The molecule has 2 saturated heterocycles. The first kappa shape index (κ1) is 12.9. The Kier molecular flexibility index (Phi) is 3.64. The number of hydrogen-bond acceptors (Lipinski definition) is 2. The summed E-state index contributed by atoms with van der Waals surface area (Å²) >= 11 is 5.67. The first-order valence-corrected chi connectivity index (χ1v) is 7.97. The van der Waals surface area contributed by atoms with Gasteiger partial charge in [-0.2, -0.15) is 0 Å². The van der Waals surface area contributed by atoms with Crippen LogP contribution in [0.15, 0.2) is 22.7 Å². The minimum atomic E-state index is 0.176. The van der Waals surface area contributed by atoms with Crippen molar-refractivity contribution in [1.29, 1.82) is 0 Å². The van der Waals surface area contributed by atoms with Crippen LogP contribution in [0.3, 0.4) is 0 Å². The number of rotatable bonds is 1. The average molecular weight is 421 g/mol. The molecule has 2 aliphatic heterocycles. The van der Waals surface area contributed by atoms with Gasteiger partial charge < -0.3 is 10.2 Å². The minimum absolute atomic E-state index is 0.176. The average Bonchev–Trinajstić information content (AvgIpc) is 2.91. The Morgan fingerprint density at radius 1 is 1.33 bits per heavy atom. The fraction of sp³-hybridized carbons (Fsp3) is 0.462. The third kappa shape index (κ3) is 2.32. The smallest absolute Gasteiger partial charge is 0.254 e. The largest absolute Gasteiger partial charge is 0.338 e. The first-order valence-electron chi connectivity index (χ1n) is 6.10. The maximum Gasteiger partial charge on any atom is 0.254 e. The number of hydrogen-bond donors (Lipinski definition) is 1. The molecule has 0 saturated carbocycles. The molecule has 3 nitrogen and oxygen atoms in total.